The fraction of sp³-hybridized carbons (Fsp3) is 0.409. The average Bonchev–Trinajstić information content (AvgIpc) is 3.38. The molecule has 0 aromatic heterocycles. The van der Waals surface area contributed by atoms with Crippen molar-refractivity contribution < 1.29 is 26.7 Å². The first-order valence-corrected chi connectivity index (χ1v) is 9.87. The van der Waals surface area contributed by atoms with Gasteiger partial charge in [0.2, 0.25) is 5.91 Å². The summed E-state index contributed by atoms with van der Waals surface area (Å²) in [6, 6.07) is 8.94. The van der Waals surface area contributed by atoms with Crippen molar-refractivity contribution in [2.24, 2.45) is 11.8 Å². The van der Waals surface area contributed by atoms with Gasteiger partial charge < -0.3 is 10.2 Å². The van der Waals surface area contributed by atoms with Gasteiger partial charge in [-0.2, -0.15) is 13.2 Å². The largest absolute Gasteiger partial charge is 0.416 e. The predicted octanol–water partition coefficient (Wildman–Crippen LogP) is 4.73. The Morgan fingerprint density at radius 3 is 2.63 bits per heavy atom. The molecule has 1 amide bonds. The van der Waals surface area contributed by atoms with Gasteiger partial charge in [-0.3, -0.25) is 4.79 Å². The zero-order chi connectivity index (χ0) is 21.5. The van der Waals surface area contributed by atoms with Crippen LogP contribution in [0, 0.1) is 23.5 Å². The van der Waals surface area contributed by atoms with E-state index in [1.54, 1.807) is 6.07 Å². The van der Waals surface area contributed by atoms with Crippen LogP contribution >= 0.6 is 0 Å². The summed E-state index contributed by atoms with van der Waals surface area (Å²) in [6.07, 6.45) is -3.05. The Bertz CT molecular complexity index is 945. The Morgan fingerprint density at radius 2 is 1.90 bits per heavy atom. The van der Waals surface area contributed by atoms with E-state index in [9.17, 15) is 26.7 Å². The zero-order valence-corrected chi connectivity index (χ0v) is 16.1. The highest BCUT2D eigenvalue weighted by Crippen LogP contribution is 2.48. The van der Waals surface area contributed by atoms with Crippen LogP contribution in [0.5, 0.6) is 0 Å². The average molecular weight is 424 g/mol. The summed E-state index contributed by atoms with van der Waals surface area (Å²) in [5, 5.41) is 2.90. The van der Waals surface area contributed by atoms with Crippen molar-refractivity contribution in [3.63, 3.8) is 0 Å². The maximum atomic E-state index is 13.4. The minimum absolute atomic E-state index is 0.149. The summed E-state index contributed by atoms with van der Waals surface area (Å²) < 4.78 is 65.1. The van der Waals surface area contributed by atoms with Crippen LogP contribution in [0.25, 0.3) is 0 Å². The lowest BCUT2D eigenvalue weighted by Crippen LogP contribution is -2.32. The van der Waals surface area contributed by atoms with Crippen molar-refractivity contribution in [1.82, 2.24) is 5.32 Å². The first-order valence-electron chi connectivity index (χ1n) is 9.87. The number of hydrogen-bond acceptors (Lipinski definition) is 2. The molecular formula is C22H21F5N2O. The first-order chi connectivity index (χ1) is 14.2. The molecule has 0 bridgehead atoms. The van der Waals surface area contributed by atoms with E-state index < -0.39 is 23.4 Å². The SMILES string of the molecule is O=C(NCC1CCN(c2ccc(F)c(F)c2)C1)C1CC1c1cccc(C(F)(F)F)c1. The van der Waals surface area contributed by atoms with Crippen LogP contribution in [0.1, 0.15) is 29.9 Å². The van der Waals surface area contributed by atoms with E-state index in [-0.39, 0.29) is 23.7 Å². The van der Waals surface area contributed by atoms with E-state index >= 15 is 0 Å². The van der Waals surface area contributed by atoms with Crippen LogP contribution < -0.4 is 10.2 Å². The molecule has 30 heavy (non-hydrogen) atoms. The Hall–Kier alpha value is -2.64. The number of amides is 1. The summed E-state index contributed by atoms with van der Waals surface area (Å²) >= 11 is 0. The quantitative estimate of drug-likeness (QED) is 0.704. The molecule has 2 aliphatic rings. The van der Waals surface area contributed by atoms with Crippen LogP contribution in [0.3, 0.4) is 0 Å². The number of anilines is 1. The van der Waals surface area contributed by atoms with Gasteiger partial charge in [0, 0.05) is 37.3 Å². The standard InChI is InChI=1S/C22H21F5N2O/c23-19-5-4-16(9-20(19)24)29-7-6-13(12-29)11-28-21(30)18-10-17(18)14-2-1-3-15(8-14)22(25,26)27/h1-5,8-9,13,17-18H,6-7,10-12H2,(H,28,30). The highest BCUT2D eigenvalue weighted by Gasteiger charge is 2.44. The van der Waals surface area contributed by atoms with Gasteiger partial charge in [-0.15, -0.1) is 0 Å². The van der Waals surface area contributed by atoms with Crippen LogP contribution in [-0.4, -0.2) is 25.5 Å². The first kappa shape index (κ1) is 20.6. The van der Waals surface area contributed by atoms with E-state index in [2.05, 4.69) is 5.32 Å². The number of hydrogen-bond donors (Lipinski definition) is 1. The number of halogens is 5. The summed E-state index contributed by atoms with van der Waals surface area (Å²) in [7, 11) is 0. The fourth-order valence-corrected chi connectivity index (χ4v) is 4.09. The molecule has 0 radical (unpaired) electrons. The molecule has 1 heterocycles. The lowest BCUT2D eigenvalue weighted by Gasteiger charge is -2.19. The highest BCUT2D eigenvalue weighted by molar-refractivity contribution is 5.82. The van der Waals surface area contributed by atoms with Crippen LogP contribution in [0.15, 0.2) is 42.5 Å². The Balaban J connectivity index is 1.28. The van der Waals surface area contributed by atoms with Crippen LogP contribution in [0.4, 0.5) is 27.6 Å². The smallest absolute Gasteiger partial charge is 0.371 e. The normalized spacial score (nSPS) is 23.5. The van der Waals surface area contributed by atoms with Crippen molar-refractivity contribution in [3.05, 3.63) is 65.2 Å². The van der Waals surface area contributed by atoms with Gasteiger partial charge in [-0.25, -0.2) is 8.78 Å². The van der Waals surface area contributed by atoms with Crippen molar-refractivity contribution >= 4 is 11.6 Å². The Morgan fingerprint density at radius 1 is 1.10 bits per heavy atom. The molecule has 1 aliphatic carbocycles. The molecule has 2 aromatic rings. The fourth-order valence-electron chi connectivity index (χ4n) is 4.09. The second-order valence-corrected chi connectivity index (χ2v) is 8.02. The molecule has 3 nitrogen and oxygen atoms in total. The number of rotatable bonds is 5. The molecule has 0 spiro atoms. The molecule has 2 aromatic carbocycles. The highest BCUT2D eigenvalue weighted by atomic mass is 19.4. The number of nitrogens with zero attached hydrogens (tertiary/aromatic N) is 1. The molecule has 1 saturated heterocycles. The van der Waals surface area contributed by atoms with E-state index in [4.69, 9.17) is 0 Å². The molecule has 1 N–H and O–H groups in total. The second kappa shape index (κ2) is 7.89. The summed E-state index contributed by atoms with van der Waals surface area (Å²) in [5.74, 6) is -2.25. The van der Waals surface area contributed by atoms with Crippen molar-refractivity contribution in [3.8, 4) is 0 Å². The van der Waals surface area contributed by atoms with Gasteiger partial charge in [0.25, 0.3) is 0 Å². The van der Waals surface area contributed by atoms with E-state index in [1.807, 2.05) is 4.90 Å². The Labute approximate surface area is 170 Å². The molecule has 4 rings (SSSR count). The summed E-state index contributed by atoms with van der Waals surface area (Å²) in [6.45, 7) is 1.75. The number of alkyl halides is 3. The van der Waals surface area contributed by atoms with Crippen LogP contribution in [-0.2, 0) is 11.0 Å². The topological polar surface area (TPSA) is 32.3 Å². The number of nitrogens with one attached hydrogen (secondary N) is 1. The molecular weight excluding hydrogens is 403 g/mol. The molecule has 2 fully saturated rings. The van der Waals surface area contributed by atoms with Gasteiger partial charge in [-0.1, -0.05) is 18.2 Å². The van der Waals surface area contributed by atoms with Gasteiger partial charge in [0.15, 0.2) is 11.6 Å². The lowest BCUT2D eigenvalue weighted by atomic mass is 10.0. The molecule has 8 heteroatoms. The minimum atomic E-state index is -4.40. The third kappa shape index (κ3) is 4.42. The summed E-state index contributed by atoms with van der Waals surface area (Å²) in [4.78, 5) is 14.4. The number of carbonyl (C=O) groups is 1. The Kier molecular flexibility index (Phi) is 5.42. The maximum Gasteiger partial charge on any atom is 0.416 e. The number of benzene rings is 2. The summed E-state index contributed by atoms with van der Waals surface area (Å²) in [5.41, 5.74) is 0.444. The monoisotopic (exact) mass is 424 g/mol. The number of carbonyl (C=O) groups excluding carboxylic acids is 1. The molecule has 160 valence electrons. The van der Waals surface area contributed by atoms with Crippen molar-refractivity contribution in [2.75, 3.05) is 24.5 Å². The predicted molar refractivity (Wildman–Crippen MR) is 102 cm³/mol. The third-order valence-corrected chi connectivity index (χ3v) is 5.89. The van der Waals surface area contributed by atoms with Crippen LogP contribution in [0.2, 0.25) is 0 Å². The van der Waals surface area contributed by atoms with Gasteiger partial charge in [0.1, 0.15) is 0 Å². The van der Waals surface area contributed by atoms with E-state index in [0.29, 0.717) is 37.3 Å². The molecule has 1 saturated carbocycles. The van der Waals surface area contributed by atoms with Gasteiger partial charge in [0.05, 0.1) is 5.56 Å². The van der Waals surface area contributed by atoms with Crippen molar-refractivity contribution in [1.29, 1.82) is 0 Å². The minimum Gasteiger partial charge on any atom is -0.371 e. The lowest BCUT2D eigenvalue weighted by molar-refractivity contribution is -0.137. The molecule has 1 aliphatic heterocycles. The van der Waals surface area contributed by atoms with E-state index in [0.717, 1.165) is 24.6 Å². The molecule has 3 atom stereocenters. The van der Waals surface area contributed by atoms with E-state index in [1.165, 1.54) is 18.2 Å². The van der Waals surface area contributed by atoms with Gasteiger partial charge >= 0.3 is 6.18 Å². The third-order valence-electron chi connectivity index (χ3n) is 5.89. The zero-order valence-electron chi connectivity index (χ0n) is 16.1. The maximum absolute atomic E-state index is 13.4. The second-order valence-electron chi connectivity index (χ2n) is 8.02. The van der Waals surface area contributed by atoms with Gasteiger partial charge in [-0.05, 0) is 48.4 Å². The van der Waals surface area contributed by atoms with Crippen molar-refractivity contribution in [2.45, 2.75) is 24.9 Å². The molecule has 3 unspecified atom stereocenters.